The zero-order chi connectivity index (χ0) is 13.8. The predicted octanol–water partition coefficient (Wildman–Crippen LogP) is 3.61. The van der Waals surface area contributed by atoms with Crippen molar-refractivity contribution in [3.63, 3.8) is 0 Å². The second-order valence-corrected chi connectivity index (χ2v) is 5.25. The molecule has 0 fully saturated rings. The third-order valence-electron chi connectivity index (χ3n) is 3.31. The lowest BCUT2D eigenvalue weighted by molar-refractivity contribution is 0.788. The minimum atomic E-state index is 0.387. The maximum absolute atomic E-state index is 5.81. The first kappa shape index (κ1) is 13.8. The minimum absolute atomic E-state index is 0.387. The summed E-state index contributed by atoms with van der Waals surface area (Å²) in [4.78, 5) is 8.02. The number of hydrogen-bond acceptors (Lipinski definition) is 2. The fourth-order valence-corrected chi connectivity index (χ4v) is 2.21. The lowest BCUT2D eigenvalue weighted by atomic mass is 10.1. The van der Waals surface area contributed by atoms with Crippen LogP contribution in [-0.2, 0) is 13.0 Å². The van der Waals surface area contributed by atoms with Gasteiger partial charge in [-0.3, -0.25) is 0 Å². The molecule has 3 heteroatoms. The molecule has 0 saturated carbocycles. The number of H-pyrrole nitrogens is 1. The van der Waals surface area contributed by atoms with Gasteiger partial charge < -0.3 is 10.7 Å². The van der Waals surface area contributed by atoms with Gasteiger partial charge in [0.2, 0.25) is 0 Å². The summed E-state index contributed by atoms with van der Waals surface area (Å²) in [5, 5.41) is 0. The summed E-state index contributed by atoms with van der Waals surface area (Å²) in [6.07, 6.45) is 2.30. The van der Waals surface area contributed by atoms with E-state index in [0.717, 1.165) is 29.2 Å². The van der Waals surface area contributed by atoms with E-state index in [2.05, 4.69) is 50.0 Å². The Labute approximate surface area is 115 Å². The summed E-state index contributed by atoms with van der Waals surface area (Å²) < 4.78 is 0. The van der Waals surface area contributed by atoms with Gasteiger partial charge in [0, 0.05) is 18.0 Å². The molecule has 0 aliphatic carbocycles. The van der Waals surface area contributed by atoms with Crippen molar-refractivity contribution in [2.45, 2.75) is 46.1 Å². The number of nitrogens with zero attached hydrogens (tertiary/aromatic N) is 1. The second-order valence-electron chi connectivity index (χ2n) is 5.25. The van der Waals surface area contributed by atoms with Gasteiger partial charge in [0.25, 0.3) is 0 Å². The summed E-state index contributed by atoms with van der Waals surface area (Å²) in [5.74, 6) is 1.39. The largest absolute Gasteiger partial charge is 0.344 e. The molecule has 0 atom stereocenters. The quantitative estimate of drug-likeness (QED) is 0.859. The van der Waals surface area contributed by atoms with Gasteiger partial charge >= 0.3 is 0 Å². The van der Waals surface area contributed by atoms with Crippen LogP contribution in [0.2, 0.25) is 0 Å². The van der Waals surface area contributed by atoms with E-state index in [1.165, 1.54) is 12.0 Å². The normalized spacial score (nSPS) is 11.2. The van der Waals surface area contributed by atoms with Gasteiger partial charge in [-0.05, 0) is 12.0 Å². The van der Waals surface area contributed by atoms with Gasteiger partial charge in [-0.25, -0.2) is 4.98 Å². The van der Waals surface area contributed by atoms with Crippen LogP contribution in [0, 0.1) is 0 Å². The van der Waals surface area contributed by atoms with E-state index in [-0.39, 0.29) is 0 Å². The van der Waals surface area contributed by atoms with Crippen molar-refractivity contribution >= 4 is 0 Å². The van der Waals surface area contributed by atoms with Gasteiger partial charge in [0.05, 0.1) is 11.4 Å². The maximum atomic E-state index is 5.81. The number of aromatic nitrogens is 2. The average Bonchev–Trinajstić information content (AvgIpc) is 2.84. The van der Waals surface area contributed by atoms with E-state index in [9.17, 15) is 0 Å². The topological polar surface area (TPSA) is 54.7 Å². The van der Waals surface area contributed by atoms with Crippen molar-refractivity contribution in [3.8, 4) is 11.3 Å². The molecule has 3 nitrogen and oxygen atoms in total. The van der Waals surface area contributed by atoms with Crippen LogP contribution < -0.4 is 5.73 Å². The molecule has 0 aliphatic heterocycles. The highest BCUT2D eigenvalue weighted by atomic mass is 15.0. The summed E-state index contributed by atoms with van der Waals surface area (Å²) in [5.41, 5.74) is 10.3. The number of benzene rings is 1. The van der Waals surface area contributed by atoms with Crippen molar-refractivity contribution in [3.05, 3.63) is 41.3 Å². The number of aryl methyl sites for hydroxylation is 1. The van der Waals surface area contributed by atoms with E-state index in [0.29, 0.717) is 12.5 Å². The van der Waals surface area contributed by atoms with E-state index in [1.807, 2.05) is 0 Å². The highest BCUT2D eigenvalue weighted by Crippen LogP contribution is 2.24. The van der Waals surface area contributed by atoms with E-state index in [4.69, 9.17) is 10.7 Å². The van der Waals surface area contributed by atoms with Gasteiger partial charge in [0.1, 0.15) is 5.82 Å². The molecule has 0 unspecified atom stereocenters. The molecular formula is C16H23N3. The molecule has 0 saturated heterocycles. The Morgan fingerprint density at radius 1 is 1.21 bits per heavy atom. The van der Waals surface area contributed by atoms with E-state index in [1.54, 1.807) is 0 Å². The molecule has 2 rings (SSSR count). The number of nitrogens with one attached hydrogen (secondary N) is 1. The molecule has 102 valence electrons. The predicted molar refractivity (Wildman–Crippen MR) is 80.0 cm³/mol. The molecule has 19 heavy (non-hydrogen) atoms. The molecule has 2 aromatic rings. The molecule has 0 radical (unpaired) electrons. The smallest absolute Gasteiger partial charge is 0.109 e. The van der Waals surface area contributed by atoms with Crippen LogP contribution in [0.3, 0.4) is 0 Å². The molecule has 0 amide bonds. The number of nitrogens with two attached hydrogens (primary N) is 1. The Bertz CT molecular complexity index is 523. The van der Waals surface area contributed by atoms with E-state index >= 15 is 0 Å². The first-order valence-electron chi connectivity index (χ1n) is 7.03. The second kappa shape index (κ2) is 6.02. The Morgan fingerprint density at radius 3 is 2.42 bits per heavy atom. The molecule has 3 N–H and O–H groups in total. The van der Waals surface area contributed by atoms with Crippen LogP contribution in [0.25, 0.3) is 11.3 Å². The van der Waals surface area contributed by atoms with Gasteiger partial charge in [-0.2, -0.15) is 0 Å². The highest BCUT2D eigenvalue weighted by Gasteiger charge is 2.12. The lowest BCUT2D eigenvalue weighted by Gasteiger charge is -2.03. The van der Waals surface area contributed by atoms with Crippen LogP contribution in [0.4, 0.5) is 0 Å². The van der Waals surface area contributed by atoms with Crippen molar-refractivity contribution < 1.29 is 0 Å². The van der Waals surface area contributed by atoms with Crippen molar-refractivity contribution in [2.75, 3.05) is 0 Å². The minimum Gasteiger partial charge on any atom is -0.344 e. The van der Waals surface area contributed by atoms with Gasteiger partial charge in [-0.15, -0.1) is 0 Å². The highest BCUT2D eigenvalue weighted by molar-refractivity contribution is 5.62. The number of aromatic amines is 1. The fourth-order valence-electron chi connectivity index (χ4n) is 2.21. The van der Waals surface area contributed by atoms with Crippen LogP contribution >= 0.6 is 0 Å². The SMILES string of the molecule is CCCc1ccc(-c2nc(C(C)C)[nH]c2CN)cc1. The maximum Gasteiger partial charge on any atom is 0.109 e. The Hall–Kier alpha value is -1.61. The van der Waals surface area contributed by atoms with Gasteiger partial charge in [0.15, 0.2) is 0 Å². The first-order valence-corrected chi connectivity index (χ1v) is 7.03. The van der Waals surface area contributed by atoms with E-state index < -0.39 is 0 Å². The summed E-state index contributed by atoms with van der Waals surface area (Å²) in [7, 11) is 0. The Morgan fingerprint density at radius 2 is 1.89 bits per heavy atom. The number of imidazole rings is 1. The molecule has 1 aromatic carbocycles. The monoisotopic (exact) mass is 257 g/mol. The third-order valence-corrected chi connectivity index (χ3v) is 3.31. The van der Waals surface area contributed by atoms with Crippen LogP contribution in [-0.4, -0.2) is 9.97 Å². The fraction of sp³-hybridized carbons (Fsp3) is 0.438. The van der Waals surface area contributed by atoms with Crippen molar-refractivity contribution in [1.29, 1.82) is 0 Å². The zero-order valence-corrected chi connectivity index (χ0v) is 12.0. The molecule has 1 heterocycles. The summed E-state index contributed by atoms with van der Waals surface area (Å²) >= 11 is 0. The van der Waals surface area contributed by atoms with Crippen molar-refractivity contribution in [1.82, 2.24) is 9.97 Å². The first-order chi connectivity index (χ1) is 9.15. The Kier molecular flexibility index (Phi) is 4.38. The zero-order valence-electron chi connectivity index (χ0n) is 12.0. The van der Waals surface area contributed by atoms with Gasteiger partial charge in [-0.1, -0.05) is 51.5 Å². The van der Waals surface area contributed by atoms with Crippen LogP contribution in [0.5, 0.6) is 0 Å². The Balaban J connectivity index is 2.34. The number of hydrogen-bond donors (Lipinski definition) is 2. The standard InChI is InChI=1S/C16H23N3/c1-4-5-12-6-8-13(9-7-12)15-14(10-17)18-16(19-15)11(2)3/h6-9,11H,4-5,10,17H2,1-3H3,(H,18,19). The molecule has 0 aliphatic rings. The summed E-state index contributed by atoms with van der Waals surface area (Å²) in [6.45, 7) is 6.95. The van der Waals surface area contributed by atoms with Crippen molar-refractivity contribution in [2.24, 2.45) is 5.73 Å². The van der Waals surface area contributed by atoms with Crippen LogP contribution in [0.15, 0.2) is 24.3 Å². The lowest BCUT2D eigenvalue weighted by Crippen LogP contribution is -1.99. The molecule has 0 bridgehead atoms. The average molecular weight is 257 g/mol. The molecular weight excluding hydrogens is 234 g/mol. The molecule has 1 aromatic heterocycles. The number of rotatable bonds is 5. The van der Waals surface area contributed by atoms with Crippen LogP contribution in [0.1, 0.15) is 50.2 Å². The molecule has 0 spiro atoms. The third kappa shape index (κ3) is 3.04. The summed E-state index contributed by atoms with van der Waals surface area (Å²) in [6, 6.07) is 8.65.